The SMILES string of the molecule is Oc1cc(O)c2c(c1)OC(c1ccc(O)c(O)c1)C(O)C2c1c(O)cc2c(c1O)C(c1c(O)cc(O)c3c1OC(c1ccc(O)c(O)c1)C(O)C3c1c(O)cc(O)c3c1OC(c1ccc(O)c(O)c1)C(O)C3c1c(O)cc(O)c3c1OC(c1ccc(O)c(O)c1)C(O)C3)C(O)C(c1ccc(O)c(O)c1)O2. The molecule has 0 saturated carbocycles. The van der Waals surface area contributed by atoms with Crippen molar-refractivity contribution in [1.29, 1.82) is 0 Å². The summed E-state index contributed by atoms with van der Waals surface area (Å²) in [7, 11) is 0. The Morgan fingerprint density at radius 3 is 0.886 bits per heavy atom. The van der Waals surface area contributed by atoms with Crippen molar-refractivity contribution < 1.29 is 151 Å². The van der Waals surface area contributed by atoms with Crippen LogP contribution in [0.3, 0.4) is 0 Å². The first kappa shape index (κ1) is 67.8. The van der Waals surface area contributed by atoms with Gasteiger partial charge in [-0.25, -0.2) is 0 Å². The quantitative estimate of drug-likeness (QED) is 0.0628. The molecule has 30 nitrogen and oxygen atoms in total. The highest BCUT2D eigenvalue weighted by Crippen LogP contribution is 2.67. The van der Waals surface area contributed by atoms with Crippen LogP contribution in [-0.2, 0) is 6.42 Å². The van der Waals surface area contributed by atoms with Crippen LogP contribution in [0.15, 0.2) is 127 Å². The maximum atomic E-state index is 13.4. The van der Waals surface area contributed by atoms with Gasteiger partial charge < -0.3 is 151 Å². The molecular formula is C75H62O30. The van der Waals surface area contributed by atoms with Crippen LogP contribution >= 0.6 is 0 Å². The summed E-state index contributed by atoms with van der Waals surface area (Å²) < 4.78 is 32.5. The van der Waals surface area contributed by atoms with Gasteiger partial charge in [-0.3, -0.25) is 0 Å². The predicted molar refractivity (Wildman–Crippen MR) is 356 cm³/mol. The molecule has 14 atom stereocenters. The van der Waals surface area contributed by atoms with Crippen LogP contribution in [0, 0.1) is 0 Å². The summed E-state index contributed by atoms with van der Waals surface area (Å²) in [4.78, 5) is 0. The number of hydrogen-bond acceptors (Lipinski definition) is 30. The number of aromatic hydroxyl groups is 20. The number of aliphatic hydroxyl groups is 5. The van der Waals surface area contributed by atoms with E-state index in [9.17, 15) is 128 Å². The van der Waals surface area contributed by atoms with Crippen molar-refractivity contribution in [2.24, 2.45) is 0 Å². The molecule has 10 aromatic carbocycles. The third-order valence-corrected chi connectivity index (χ3v) is 20.2. The van der Waals surface area contributed by atoms with Crippen molar-refractivity contribution in [1.82, 2.24) is 0 Å². The van der Waals surface area contributed by atoms with Gasteiger partial charge in [-0.05, 0) is 88.5 Å². The summed E-state index contributed by atoms with van der Waals surface area (Å²) in [5.41, 5.74) is -5.77. The number of benzene rings is 10. The summed E-state index contributed by atoms with van der Waals surface area (Å²) in [5, 5.41) is 294. The van der Waals surface area contributed by atoms with Gasteiger partial charge in [-0.15, -0.1) is 0 Å². The van der Waals surface area contributed by atoms with Crippen molar-refractivity contribution in [2.45, 2.75) is 91.1 Å². The zero-order valence-corrected chi connectivity index (χ0v) is 53.6. The van der Waals surface area contributed by atoms with Gasteiger partial charge >= 0.3 is 0 Å². The molecule has 0 radical (unpaired) electrons. The van der Waals surface area contributed by atoms with E-state index in [1.54, 1.807) is 0 Å². The van der Waals surface area contributed by atoms with Crippen molar-refractivity contribution >= 4 is 0 Å². The Balaban J connectivity index is 0.997. The molecule has 0 aromatic heterocycles. The standard InChI is InChI=1S/C75H62O30/c76-28-16-41(88)51-49(17-28)101-69(24-2-7-31(78)37(84)12-24)64(97)59(51)52-47(94)22-50-58(63(52)96)62(67(100)70(102-50)25-3-8-32(79)38(85)13-25)57-46(93)21-45(92)56-61(66(99)72(105-75(56)57)27-5-10-34(81)40(87)15-27)55-44(91)20-43(90)54-60(65(98)71(104-74(54)55)26-4-9-33(80)39(86)14-26)53-42(89)19-35(82)29-18-48(95)68(103-73(29)53)23-1-6-30(77)36(83)11-23/h1-17,19-22,48,59-62,64-72,76-100H,18H2. The molecule has 0 aliphatic carbocycles. The van der Waals surface area contributed by atoms with Gasteiger partial charge in [0.05, 0.1) is 29.8 Å². The first-order chi connectivity index (χ1) is 49.9. The average Bonchev–Trinajstić information content (AvgIpc) is 0.707. The van der Waals surface area contributed by atoms with E-state index in [1.165, 1.54) is 24.3 Å². The highest BCUT2D eigenvalue weighted by Gasteiger charge is 2.55. The fraction of sp³-hybridized carbons (Fsp3) is 0.200. The normalized spacial score (nSPS) is 24.2. The molecule has 0 fully saturated rings. The van der Waals surface area contributed by atoms with Gasteiger partial charge in [-0.2, -0.15) is 0 Å². The smallest absolute Gasteiger partial charge is 0.157 e. The van der Waals surface area contributed by atoms with Crippen LogP contribution in [0.5, 0.6) is 144 Å². The molecule has 14 unspecified atom stereocenters. The number of fused-ring (bicyclic) bond motifs is 5. The average molecular weight is 1440 g/mol. The van der Waals surface area contributed by atoms with Gasteiger partial charge in [0.15, 0.2) is 81.9 Å². The maximum absolute atomic E-state index is 13.4. The highest BCUT2D eigenvalue weighted by atomic mass is 16.5. The Bertz CT molecular complexity index is 5270. The van der Waals surface area contributed by atoms with Crippen LogP contribution in [0.4, 0.5) is 0 Å². The van der Waals surface area contributed by atoms with Gasteiger partial charge in [0.1, 0.15) is 117 Å². The van der Waals surface area contributed by atoms with Crippen LogP contribution < -0.4 is 23.7 Å². The fourth-order valence-electron chi connectivity index (χ4n) is 15.4. The highest BCUT2D eigenvalue weighted by molar-refractivity contribution is 5.75. The molecule has 25 N–H and O–H groups in total. The Hall–Kier alpha value is -13.0. The number of hydrogen-bond donors (Lipinski definition) is 25. The van der Waals surface area contributed by atoms with Gasteiger partial charge in [0.2, 0.25) is 0 Å². The molecule has 0 saturated heterocycles. The third kappa shape index (κ3) is 10.7. The minimum absolute atomic E-state index is 0.0287. The molecule has 0 spiro atoms. The van der Waals surface area contributed by atoms with Crippen molar-refractivity contribution in [3.8, 4) is 144 Å². The Kier molecular flexibility index (Phi) is 15.9. The number of rotatable bonds is 9. The molecule has 15 rings (SSSR count). The van der Waals surface area contributed by atoms with Crippen LogP contribution in [0.1, 0.15) is 132 Å². The van der Waals surface area contributed by atoms with E-state index in [4.69, 9.17) is 23.7 Å². The second-order valence-corrected chi connectivity index (χ2v) is 26.3. The van der Waals surface area contributed by atoms with E-state index in [0.717, 1.165) is 91.0 Å². The van der Waals surface area contributed by atoms with Crippen LogP contribution in [-0.4, -0.2) is 158 Å². The number of phenolic OH excluding ortho intramolecular Hbond substituents is 20. The first-order valence-electron chi connectivity index (χ1n) is 32.1. The van der Waals surface area contributed by atoms with Gasteiger partial charge in [0.25, 0.3) is 0 Å². The van der Waals surface area contributed by atoms with Gasteiger partial charge in [0, 0.05) is 92.9 Å². The van der Waals surface area contributed by atoms with Crippen LogP contribution in [0.2, 0.25) is 0 Å². The molecule has 10 aromatic rings. The predicted octanol–water partition coefficient (Wildman–Crippen LogP) is 7.34. The van der Waals surface area contributed by atoms with E-state index in [2.05, 4.69) is 0 Å². The minimum atomic E-state index is -2.31. The lowest BCUT2D eigenvalue weighted by Gasteiger charge is -2.44. The third-order valence-electron chi connectivity index (χ3n) is 20.2. The Morgan fingerprint density at radius 2 is 0.514 bits per heavy atom. The van der Waals surface area contributed by atoms with Crippen molar-refractivity contribution in [3.63, 3.8) is 0 Å². The molecule has 30 heteroatoms. The number of aliphatic hydroxyl groups excluding tert-OH is 5. The largest absolute Gasteiger partial charge is 0.508 e. The van der Waals surface area contributed by atoms with Crippen LogP contribution in [0.25, 0.3) is 0 Å². The second kappa shape index (κ2) is 24.6. The molecule has 542 valence electrons. The molecular weight excluding hydrogens is 1380 g/mol. The summed E-state index contributed by atoms with van der Waals surface area (Å²) >= 11 is 0. The Morgan fingerprint density at radius 1 is 0.229 bits per heavy atom. The second-order valence-electron chi connectivity index (χ2n) is 26.3. The Labute approximate surface area is 589 Å². The summed E-state index contributed by atoms with van der Waals surface area (Å²) in [6, 6.07) is 20.9. The monoisotopic (exact) mass is 1440 g/mol. The maximum Gasteiger partial charge on any atom is 0.157 e. The molecule has 0 bridgehead atoms. The van der Waals surface area contributed by atoms with Crippen molar-refractivity contribution in [2.75, 3.05) is 0 Å². The lowest BCUT2D eigenvalue weighted by molar-refractivity contribution is -0.00873. The summed E-state index contributed by atoms with van der Waals surface area (Å²) in [6.45, 7) is 0. The molecule has 0 amide bonds. The molecule has 5 aliphatic heterocycles. The molecule has 5 aliphatic rings. The zero-order chi connectivity index (χ0) is 74.7. The minimum Gasteiger partial charge on any atom is -0.508 e. The van der Waals surface area contributed by atoms with E-state index in [0.29, 0.717) is 12.1 Å². The topological polar surface area (TPSA) is 552 Å². The fourth-order valence-corrected chi connectivity index (χ4v) is 15.4. The van der Waals surface area contributed by atoms with Gasteiger partial charge in [-0.1, -0.05) is 30.3 Å². The summed E-state index contributed by atoms with van der Waals surface area (Å²) in [5.74, 6) is -27.2. The van der Waals surface area contributed by atoms with E-state index >= 15 is 0 Å². The van der Waals surface area contributed by atoms with Crippen molar-refractivity contribution in [3.05, 3.63) is 205 Å². The first-order valence-corrected chi connectivity index (χ1v) is 32.1. The lowest BCUT2D eigenvalue weighted by atomic mass is 9.71. The molecule has 5 heterocycles. The molecule has 105 heavy (non-hydrogen) atoms. The van der Waals surface area contributed by atoms with E-state index < -0.39 is 274 Å². The summed E-state index contributed by atoms with van der Waals surface area (Å²) in [6.07, 6.45) is -19.8. The van der Waals surface area contributed by atoms with E-state index in [1.807, 2.05) is 0 Å². The lowest BCUT2D eigenvalue weighted by Crippen LogP contribution is -2.40. The number of phenols is 20. The van der Waals surface area contributed by atoms with E-state index in [-0.39, 0.29) is 39.1 Å². The number of ether oxygens (including phenoxy) is 5. The zero-order valence-electron chi connectivity index (χ0n) is 53.6.